The lowest BCUT2D eigenvalue weighted by molar-refractivity contribution is 0.555. The summed E-state index contributed by atoms with van der Waals surface area (Å²) in [6.07, 6.45) is 11.8. The summed E-state index contributed by atoms with van der Waals surface area (Å²) in [6.45, 7) is 1.15. The van der Waals surface area contributed by atoms with Gasteiger partial charge in [0.2, 0.25) is 5.78 Å². The zero-order valence-electron chi connectivity index (χ0n) is 12.3. The van der Waals surface area contributed by atoms with Crippen LogP contribution in [0.1, 0.15) is 25.0 Å². The SMILES string of the molecule is c1cnc2ncc(-c3cc(CC[C@@H]4CCCN4)ncn3)n2c1. The minimum atomic E-state index is 0.637. The number of hydrogen-bond donors (Lipinski definition) is 1. The number of hydrogen-bond acceptors (Lipinski definition) is 5. The smallest absolute Gasteiger partial charge is 0.234 e. The maximum Gasteiger partial charge on any atom is 0.234 e. The topological polar surface area (TPSA) is 68.0 Å². The molecule has 0 unspecified atom stereocenters. The van der Waals surface area contributed by atoms with Crippen LogP contribution in [0.15, 0.2) is 37.1 Å². The molecule has 1 saturated heterocycles. The standard InChI is InChI=1S/C16H18N6/c1-3-12(17-6-1)4-5-13-9-14(21-11-20-13)15-10-19-16-18-7-2-8-22(15)16/h2,7-12,17H,1,3-6H2/t12-/m0/s1. The van der Waals surface area contributed by atoms with Crippen molar-refractivity contribution in [3.05, 3.63) is 42.7 Å². The molecule has 0 saturated carbocycles. The molecule has 0 aliphatic carbocycles. The van der Waals surface area contributed by atoms with E-state index >= 15 is 0 Å². The number of imidazole rings is 1. The molecule has 3 aromatic rings. The summed E-state index contributed by atoms with van der Waals surface area (Å²) >= 11 is 0. The highest BCUT2D eigenvalue weighted by atomic mass is 15.1. The van der Waals surface area contributed by atoms with Gasteiger partial charge in [0.05, 0.1) is 17.6 Å². The second kappa shape index (κ2) is 5.81. The van der Waals surface area contributed by atoms with E-state index in [1.54, 1.807) is 12.5 Å². The van der Waals surface area contributed by atoms with Gasteiger partial charge in [-0.25, -0.2) is 19.9 Å². The molecule has 0 radical (unpaired) electrons. The number of aryl methyl sites for hydroxylation is 1. The summed E-state index contributed by atoms with van der Waals surface area (Å²) in [6, 6.07) is 4.59. The van der Waals surface area contributed by atoms with Crippen LogP contribution in [0.5, 0.6) is 0 Å². The number of nitrogens with one attached hydrogen (secondary N) is 1. The Bertz CT molecular complexity index is 775. The molecule has 4 heterocycles. The van der Waals surface area contributed by atoms with Gasteiger partial charge in [-0.15, -0.1) is 0 Å². The molecule has 112 valence electrons. The first kappa shape index (κ1) is 13.3. The summed E-state index contributed by atoms with van der Waals surface area (Å²) in [5, 5.41) is 3.53. The van der Waals surface area contributed by atoms with Crippen molar-refractivity contribution in [3.8, 4) is 11.4 Å². The summed E-state index contributed by atoms with van der Waals surface area (Å²) in [5.74, 6) is 0.688. The predicted octanol–water partition coefficient (Wildman–Crippen LogP) is 1.87. The molecule has 6 heteroatoms. The molecular weight excluding hydrogens is 276 g/mol. The maximum absolute atomic E-state index is 4.41. The lowest BCUT2D eigenvalue weighted by atomic mass is 10.1. The third-order valence-electron chi connectivity index (χ3n) is 4.19. The summed E-state index contributed by atoms with van der Waals surface area (Å²) in [7, 11) is 0. The number of nitrogens with zero attached hydrogens (tertiary/aromatic N) is 5. The third kappa shape index (κ3) is 2.57. The van der Waals surface area contributed by atoms with Crippen molar-refractivity contribution in [2.24, 2.45) is 0 Å². The normalized spacial score (nSPS) is 18.1. The van der Waals surface area contributed by atoms with Crippen LogP contribution >= 0.6 is 0 Å². The van der Waals surface area contributed by atoms with Crippen molar-refractivity contribution in [3.63, 3.8) is 0 Å². The lowest BCUT2D eigenvalue weighted by Crippen LogP contribution is -2.21. The summed E-state index contributed by atoms with van der Waals surface area (Å²) < 4.78 is 1.95. The molecule has 1 aliphatic heterocycles. The van der Waals surface area contributed by atoms with Gasteiger partial charge in [0.1, 0.15) is 6.33 Å². The van der Waals surface area contributed by atoms with Gasteiger partial charge in [0.25, 0.3) is 0 Å². The largest absolute Gasteiger partial charge is 0.314 e. The molecule has 1 N–H and O–H groups in total. The molecule has 3 aromatic heterocycles. The van der Waals surface area contributed by atoms with Gasteiger partial charge >= 0.3 is 0 Å². The molecule has 1 fully saturated rings. The van der Waals surface area contributed by atoms with Gasteiger partial charge < -0.3 is 5.32 Å². The number of aromatic nitrogens is 5. The third-order valence-corrected chi connectivity index (χ3v) is 4.19. The van der Waals surface area contributed by atoms with Gasteiger partial charge in [-0.05, 0) is 44.4 Å². The molecular formula is C16H18N6. The highest BCUT2D eigenvalue weighted by molar-refractivity contribution is 5.58. The van der Waals surface area contributed by atoms with E-state index in [9.17, 15) is 0 Å². The van der Waals surface area contributed by atoms with Gasteiger partial charge in [-0.2, -0.15) is 0 Å². The molecule has 1 aliphatic rings. The zero-order valence-corrected chi connectivity index (χ0v) is 12.3. The van der Waals surface area contributed by atoms with Crippen LogP contribution in [0.3, 0.4) is 0 Å². The quantitative estimate of drug-likeness (QED) is 0.795. The first-order valence-electron chi connectivity index (χ1n) is 7.73. The van der Waals surface area contributed by atoms with Crippen LogP contribution < -0.4 is 5.32 Å². The Morgan fingerprint density at radius 2 is 2.23 bits per heavy atom. The van der Waals surface area contributed by atoms with Crippen molar-refractivity contribution in [1.82, 2.24) is 29.7 Å². The second-order valence-corrected chi connectivity index (χ2v) is 5.66. The van der Waals surface area contributed by atoms with Crippen molar-refractivity contribution in [2.45, 2.75) is 31.7 Å². The number of fused-ring (bicyclic) bond motifs is 1. The van der Waals surface area contributed by atoms with Gasteiger partial charge in [0.15, 0.2) is 0 Å². The first-order valence-corrected chi connectivity index (χ1v) is 7.73. The summed E-state index contributed by atoms with van der Waals surface area (Å²) in [5.41, 5.74) is 2.92. The fourth-order valence-corrected chi connectivity index (χ4v) is 3.02. The highest BCUT2D eigenvalue weighted by Gasteiger charge is 2.14. The van der Waals surface area contributed by atoms with Gasteiger partial charge in [-0.3, -0.25) is 4.40 Å². The second-order valence-electron chi connectivity index (χ2n) is 5.66. The van der Waals surface area contributed by atoms with E-state index in [1.165, 1.54) is 12.8 Å². The maximum atomic E-state index is 4.41. The Morgan fingerprint density at radius 3 is 3.14 bits per heavy atom. The predicted molar refractivity (Wildman–Crippen MR) is 83.4 cm³/mol. The fraction of sp³-hybridized carbons (Fsp3) is 0.375. The molecule has 0 spiro atoms. The van der Waals surface area contributed by atoms with Crippen LogP contribution in [0.25, 0.3) is 17.2 Å². The van der Waals surface area contributed by atoms with E-state index in [0.717, 1.165) is 36.5 Å². The molecule has 0 amide bonds. The van der Waals surface area contributed by atoms with Crippen LogP contribution in [-0.2, 0) is 6.42 Å². The van der Waals surface area contributed by atoms with Crippen molar-refractivity contribution < 1.29 is 0 Å². The van der Waals surface area contributed by atoms with E-state index in [0.29, 0.717) is 11.8 Å². The Morgan fingerprint density at radius 1 is 1.23 bits per heavy atom. The van der Waals surface area contributed by atoms with E-state index in [4.69, 9.17) is 0 Å². The zero-order chi connectivity index (χ0) is 14.8. The molecule has 4 rings (SSSR count). The first-order chi connectivity index (χ1) is 10.9. The minimum Gasteiger partial charge on any atom is -0.314 e. The van der Waals surface area contributed by atoms with Crippen LogP contribution in [0, 0.1) is 0 Å². The highest BCUT2D eigenvalue weighted by Crippen LogP contribution is 2.19. The Hall–Kier alpha value is -2.34. The number of rotatable bonds is 4. The molecule has 1 atom stereocenters. The van der Waals surface area contributed by atoms with Crippen LogP contribution in [0.2, 0.25) is 0 Å². The fourth-order valence-electron chi connectivity index (χ4n) is 3.02. The van der Waals surface area contributed by atoms with Crippen molar-refractivity contribution >= 4 is 5.78 Å². The molecule has 0 bridgehead atoms. The average molecular weight is 294 g/mol. The Kier molecular flexibility index (Phi) is 3.52. The Labute approximate surface area is 128 Å². The monoisotopic (exact) mass is 294 g/mol. The van der Waals surface area contributed by atoms with Crippen molar-refractivity contribution in [1.29, 1.82) is 0 Å². The van der Waals surface area contributed by atoms with E-state index in [1.807, 2.05) is 22.9 Å². The lowest BCUT2D eigenvalue weighted by Gasteiger charge is -2.09. The summed E-state index contributed by atoms with van der Waals surface area (Å²) in [4.78, 5) is 17.4. The average Bonchev–Trinajstić information content (AvgIpc) is 3.23. The molecule has 6 nitrogen and oxygen atoms in total. The molecule has 22 heavy (non-hydrogen) atoms. The van der Waals surface area contributed by atoms with E-state index in [-0.39, 0.29) is 0 Å². The van der Waals surface area contributed by atoms with Crippen molar-refractivity contribution in [2.75, 3.05) is 6.54 Å². The Balaban J connectivity index is 1.58. The van der Waals surface area contributed by atoms with E-state index in [2.05, 4.69) is 31.3 Å². The van der Waals surface area contributed by atoms with Crippen LogP contribution in [-0.4, -0.2) is 36.9 Å². The minimum absolute atomic E-state index is 0.637. The van der Waals surface area contributed by atoms with Crippen LogP contribution in [0.4, 0.5) is 0 Å². The van der Waals surface area contributed by atoms with E-state index < -0.39 is 0 Å². The van der Waals surface area contributed by atoms with Gasteiger partial charge in [-0.1, -0.05) is 0 Å². The molecule has 0 aromatic carbocycles. The van der Waals surface area contributed by atoms with Gasteiger partial charge in [0, 0.05) is 24.1 Å².